The third-order valence-electron chi connectivity index (χ3n) is 5.33. The molecule has 0 bridgehead atoms. The van der Waals surface area contributed by atoms with Gasteiger partial charge in [0.25, 0.3) is 0 Å². The Labute approximate surface area is 165 Å². The van der Waals surface area contributed by atoms with Crippen molar-refractivity contribution in [3.63, 3.8) is 0 Å². The molecule has 0 aromatic heterocycles. The highest BCUT2D eigenvalue weighted by molar-refractivity contribution is 9.10. The van der Waals surface area contributed by atoms with E-state index in [0.717, 1.165) is 49.9 Å². The highest BCUT2D eigenvalue weighted by Crippen LogP contribution is 2.42. The molecule has 2 aliphatic rings. The lowest BCUT2D eigenvalue weighted by molar-refractivity contribution is -0.115. The maximum atomic E-state index is 12.5. The van der Waals surface area contributed by atoms with Crippen LogP contribution in [0.25, 0.3) is 16.3 Å². The Morgan fingerprint density at radius 2 is 1.70 bits per heavy atom. The molecule has 5 rings (SSSR count). The van der Waals surface area contributed by atoms with E-state index in [1.807, 2.05) is 36.4 Å². The van der Waals surface area contributed by atoms with E-state index in [9.17, 15) is 4.79 Å². The smallest absolute Gasteiger partial charge is 0.231 e. The zero-order valence-corrected chi connectivity index (χ0v) is 16.2. The minimum Gasteiger partial charge on any atom is -0.454 e. The van der Waals surface area contributed by atoms with Gasteiger partial charge in [-0.25, -0.2) is 0 Å². The van der Waals surface area contributed by atoms with Crippen molar-refractivity contribution >= 4 is 38.1 Å². The minimum atomic E-state index is 0.148. The van der Waals surface area contributed by atoms with E-state index < -0.39 is 0 Å². The van der Waals surface area contributed by atoms with Crippen LogP contribution in [0.15, 0.2) is 65.1 Å². The number of benzene rings is 3. The van der Waals surface area contributed by atoms with Crippen LogP contribution in [0.4, 0.5) is 0 Å². The summed E-state index contributed by atoms with van der Waals surface area (Å²) in [5.74, 6) is 1.86. The van der Waals surface area contributed by atoms with Gasteiger partial charge in [-0.2, -0.15) is 0 Å². The van der Waals surface area contributed by atoms with Gasteiger partial charge in [0.05, 0.1) is 0 Å². The van der Waals surface area contributed by atoms with Crippen molar-refractivity contribution < 1.29 is 14.3 Å². The van der Waals surface area contributed by atoms with Gasteiger partial charge in [0.2, 0.25) is 6.79 Å². The zero-order chi connectivity index (χ0) is 18.4. The molecule has 3 aromatic rings. The molecule has 4 heteroatoms. The summed E-state index contributed by atoms with van der Waals surface area (Å²) >= 11 is 3.63. The summed E-state index contributed by atoms with van der Waals surface area (Å²) in [5, 5.41) is 2.32. The highest BCUT2D eigenvalue weighted by atomic mass is 79.9. The molecule has 134 valence electrons. The number of hydrogen-bond donors (Lipinski definition) is 0. The van der Waals surface area contributed by atoms with E-state index in [4.69, 9.17) is 9.47 Å². The minimum absolute atomic E-state index is 0.148. The van der Waals surface area contributed by atoms with Crippen LogP contribution in [0, 0.1) is 0 Å². The molecule has 1 heterocycles. The maximum Gasteiger partial charge on any atom is 0.231 e. The molecule has 0 amide bonds. The molecule has 0 N–H and O–H groups in total. The van der Waals surface area contributed by atoms with Crippen LogP contribution >= 0.6 is 15.9 Å². The summed E-state index contributed by atoms with van der Waals surface area (Å²) in [4.78, 5) is 12.5. The molecule has 1 atom stereocenters. The Bertz CT molecular complexity index is 1100. The Kier molecular flexibility index (Phi) is 4.01. The lowest BCUT2D eigenvalue weighted by Gasteiger charge is -2.24. The van der Waals surface area contributed by atoms with Crippen molar-refractivity contribution in [2.24, 2.45) is 0 Å². The molecule has 0 fully saturated rings. The normalized spacial score (nSPS) is 18.6. The van der Waals surface area contributed by atoms with Crippen molar-refractivity contribution in [3.05, 3.63) is 76.3 Å². The van der Waals surface area contributed by atoms with Crippen molar-refractivity contribution in [2.45, 2.75) is 18.8 Å². The summed E-state index contributed by atoms with van der Waals surface area (Å²) in [6, 6.07) is 18.5. The monoisotopic (exact) mass is 420 g/mol. The first-order valence-electron chi connectivity index (χ1n) is 8.99. The van der Waals surface area contributed by atoms with Gasteiger partial charge in [-0.05, 0) is 64.1 Å². The molecule has 27 heavy (non-hydrogen) atoms. The van der Waals surface area contributed by atoms with Crippen LogP contribution < -0.4 is 9.47 Å². The summed E-state index contributed by atoms with van der Waals surface area (Å²) < 4.78 is 12.0. The Balaban J connectivity index is 1.55. The second kappa shape index (κ2) is 6.54. The molecule has 0 spiro atoms. The van der Waals surface area contributed by atoms with E-state index in [1.54, 1.807) is 0 Å². The molecule has 0 radical (unpaired) electrons. The first-order valence-corrected chi connectivity index (χ1v) is 9.79. The van der Waals surface area contributed by atoms with Crippen LogP contribution in [-0.4, -0.2) is 12.6 Å². The summed E-state index contributed by atoms with van der Waals surface area (Å²) in [6.07, 6.45) is 3.17. The fourth-order valence-electron chi connectivity index (χ4n) is 4.03. The van der Waals surface area contributed by atoms with Gasteiger partial charge < -0.3 is 9.47 Å². The van der Waals surface area contributed by atoms with Gasteiger partial charge in [-0.1, -0.05) is 52.3 Å². The summed E-state index contributed by atoms with van der Waals surface area (Å²) in [5.41, 5.74) is 3.35. The predicted octanol–water partition coefficient (Wildman–Crippen LogP) is 5.86. The Morgan fingerprint density at radius 1 is 0.889 bits per heavy atom. The van der Waals surface area contributed by atoms with Crippen molar-refractivity contribution in [3.8, 4) is 11.5 Å². The number of fused-ring (bicyclic) bond motifs is 2. The Hall–Kier alpha value is -2.59. The van der Waals surface area contributed by atoms with Crippen LogP contribution in [-0.2, 0) is 4.79 Å². The number of ketones is 1. The molecule has 0 unspecified atom stereocenters. The molecular formula is C23H17BrO3. The maximum absolute atomic E-state index is 12.5. The quantitative estimate of drug-likeness (QED) is 0.520. The fourth-order valence-corrected chi connectivity index (χ4v) is 4.50. The van der Waals surface area contributed by atoms with E-state index >= 15 is 0 Å². The van der Waals surface area contributed by atoms with Gasteiger partial charge in [0, 0.05) is 10.9 Å². The standard InChI is InChI=1S/C23H17BrO3/c24-21-7-6-18(19-3-1-2-4-20(19)21)16-9-15(10-17(25)11-16)14-5-8-22-23(12-14)27-13-26-22/h1-8,11-12,15H,9-10,13H2/t15-/m1/s1. The van der Waals surface area contributed by atoms with Gasteiger partial charge >= 0.3 is 0 Å². The molecule has 3 aromatic carbocycles. The van der Waals surface area contributed by atoms with Crippen LogP contribution in [0.3, 0.4) is 0 Å². The van der Waals surface area contributed by atoms with E-state index in [0.29, 0.717) is 6.42 Å². The number of halogens is 1. The van der Waals surface area contributed by atoms with Gasteiger partial charge in [-0.3, -0.25) is 4.79 Å². The van der Waals surface area contributed by atoms with E-state index in [-0.39, 0.29) is 18.5 Å². The van der Waals surface area contributed by atoms with Gasteiger partial charge in [-0.15, -0.1) is 0 Å². The Morgan fingerprint density at radius 3 is 2.59 bits per heavy atom. The number of carbonyl (C=O) groups excluding carboxylic acids is 1. The van der Waals surface area contributed by atoms with Crippen molar-refractivity contribution in [1.82, 2.24) is 0 Å². The van der Waals surface area contributed by atoms with E-state index in [2.05, 4.69) is 40.2 Å². The predicted molar refractivity (Wildman–Crippen MR) is 109 cm³/mol. The highest BCUT2D eigenvalue weighted by Gasteiger charge is 2.25. The largest absolute Gasteiger partial charge is 0.454 e. The van der Waals surface area contributed by atoms with E-state index in [1.165, 1.54) is 0 Å². The third kappa shape index (κ3) is 2.94. The topological polar surface area (TPSA) is 35.5 Å². The molecule has 3 nitrogen and oxygen atoms in total. The number of carbonyl (C=O) groups is 1. The van der Waals surface area contributed by atoms with Gasteiger partial charge in [0.15, 0.2) is 17.3 Å². The summed E-state index contributed by atoms with van der Waals surface area (Å²) in [7, 11) is 0. The van der Waals surface area contributed by atoms with Crippen molar-refractivity contribution in [2.75, 3.05) is 6.79 Å². The number of hydrogen-bond acceptors (Lipinski definition) is 3. The second-order valence-electron chi connectivity index (χ2n) is 6.99. The first-order chi connectivity index (χ1) is 13.2. The second-order valence-corrected chi connectivity index (χ2v) is 7.85. The average molecular weight is 421 g/mol. The molecule has 1 aliphatic carbocycles. The molecule has 1 aliphatic heterocycles. The van der Waals surface area contributed by atoms with Crippen LogP contribution in [0.5, 0.6) is 11.5 Å². The number of allylic oxidation sites excluding steroid dienone is 2. The fraction of sp³-hybridized carbons (Fsp3) is 0.174. The first kappa shape index (κ1) is 16.6. The average Bonchev–Trinajstić information content (AvgIpc) is 3.16. The van der Waals surface area contributed by atoms with Crippen molar-refractivity contribution in [1.29, 1.82) is 0 Å². The molecular weight excluding hydrogens is 404 g/mol. The third-order valence-corrected chi connectivity index (χ3v) is 6.03. The lowest BCUT2D eigenvalue weighted by Crippen LogP contribution is -2.12. The lowest BCUT2D eigenvalue weighted by atomic mass is 9.80. The van der Waals surface area contributed by atoms with Gasteiger partial charge in [0.1, 0.15) is 0 Å². The SMILES string of the molecule is O=C1C=C(c2ccc(Br)c3ccccc23)C[C@@H](c2ccc3c(c2)OCO3)C1. The number of rotatable bonds is 2. The molecule has 0 saturated heterocycles. The number of ether oxygens (including phenoxy) is 2. The van der Waals surface area contributed by atoms with Crippen LogP contribution in [0.2, 0.25) is 0 Å². The van der Waals surface area contributed by atoms with Crippen LogP contribution in [0.1, 0.15) is 29.9 Å². The summed E-state index contributed by atoms with van der Waals surface area (Å²) in [6.45, 7) is 0.262. The zero-order valence-electron chi connectivity index (χ0n) is 14.6. The molecule has 0 saturated carbocycles.